The Morgan fingerprint density at radius 2 is 1.92 bits per heavy atom. The number of hydrogen-bond donors (Lipinski definition) is 1. The molecule has 0 aromatic heterocycles. The van der Waals surface area contributed by atoms with Crippen molar-refractivity contribution in [2.24, 2.45) is 5.92 Å². The van der Waals surface area contributed by atoms with Gasteiger partial charge in [-0.1, -0.05) is 0 Å². The topological polar surface area (TPSA) is 63.6 Å². The number of rotatable bonds is 3. The molecule has 1 aliphatic rings. The molecule has 0 aromatic rings. The molecule has 0 aromatic carbocycles. The van der Waals surface area contributed by atoms with Gasteiger partial charge in [0.2, 0.25) is 0 Å². The van der Waals surface area contributed by atoms with Crippen LogP contribution in [0, 0.1) is 5.92 Å². The molecule has 1 saturated carbocycles. The van der Waals surface area contributed by atoms with Crippen molar-refractivity contribution in [3.05, 3.63) is 0 Å². The third-order valence-electron chi connectivity index (χ3n) is 2.26. The molecule has 0 spiro atoms. The molecule has 1 aliphatic carbocycles. The lowest BCUT2D eigenvalue weighted by atomic mass is 9.89. The van der Waals surface area contributed by atoms with Crippen LogP contribution in [-0.2, 0) is 13.9 Å². The van der Waals surface area contributed by atoms with Crippen molar-refractivity contribution < 1.29 is 18.8 Å². The maximum atomic E-state index is 10.9. The zero-order chi connectivity index (χ0) is 9.90. The van der Waals surface area contributed by atoms with Crippen LogP contribution in [0.2, 0.25) is 0 Å². The molecule has 0 saturated heterocycles. The fraction of sp³-hybridized carbons (Fsp3) is 0.875. The highest BCUT2D eigenvalue weighted by Gasteiger charge is 2.25. The maximum absolute atomic E-state index is 10.9. The molecule has 1 N–H and O–H groups in total. The fourth-order valence-corrected chi connectivity index (χ4v) is 2.37. The Morgan fingerprint density at radius 1 is 1.38 bits per heavy atom. The van der Waals surface area contributed by atoms with Crippen LogP contribution >= 0.6 is 7.60 Å². The van der Waals surface area contributed by atoms with Crippen LogP contribution in [0.1, 0.15) is 25.7 Å². The molecular weight excluding hydrogens is 191 g/mol. The molecule has 0 bridgehead atoms. The van der Waals surface area contributed by atoms with Gasteiger partial charge in [0.15, 0.2) is 0 Å². The summed E-state index contributed by atoms with van der Waals surface area (Å²) < 4.78 is 15.9. The first-order valence-corrected chi connectivity index (χ1v) is 6.47. The van der Waals surface area contributed by atoms with Gasteiger partial charge in [-0.05, 0) is 25.7 Å². The van der Waals surface area contributed by atoms with Crippen LogP contribution in [0.5, 0.6) is 0 Å². The molecule has 1 unspecified atom stereocenters. The first kappa shape index (κ1) is 10.9. The normalized spacial score (nSPS) is 33.7. The van der Waals surface area contributed by atoms with Crippen LogP contribution in [0.25, 0.3) is 0 Å². The molecule has 4 nitrogen and oxygen atoms in total. The maximum Gasteiger partial charge on any atom is 0.325 e. The first-order valence-electron chi connectivity index (χ1n) is 4.45. The van der Waals surface area contributed by atoms with Gasteiger partial charge in [-0.3, -0.25) is 4.57 Å². The summed E-state index contributed by atoms with van der Waals surface area (Å²) in [6.07, 6.45) is 3.78. The van der Waals surface area contributed by atoms with Gasteiger partial charge in [0, 0.05) is 12.6 Å². The summed E-state index contributed by atoms with van der Waals surface area (Å²) in [7, 11) is -3.35. The van der Waals surface area contributed by atoms with Gasteiger partial charge in [-0.15, -0.1) is 0 Å². The van der Waals surface area contributed by atoms with Crippen molar-refractivity contribution >= 4 is 13.9 Å². The Kier molecular flexibility index (Phi) is 3.65. The van der Waals surface area contributed by atoms with Gasteiger partial charge >= 0.3 is 7.60 Å². The van der Waals surface area contributed by atoms with Crippen molar-refractivity contribution in [2.75, 3.05) is 6.66 Å². The van der Waals surface area contributed by atoms with E-state index in [1.807, 2.05) is 0 Å². The molecule has 0 radical (unpaired) electrons. The largest absolute Gasteiger partial charge is 0.325 e. The van der Waals surface area contributed by atoms with Crippen LogP contribution in [-0.4, -0.2) is 23.9 Å². The van der Waals surface area contributed by atoms with Crippen LogP contribution in [0.3, 0.4) is 0 Å². The molecule has 1 rings (SSSR count). The summed E-state index contributed by atoms with van der Waals surface area (Å²) in [4.78, 5) is 19.4. The Bertz CT molecular complexity index is 214. The van der Waals surface area contributed by atoms with E-state index in [0.29, 0.717) is 12.8 Å². The van der Waals surface area contributed by atoms with E-state index >= 15 is 0 Å². The SMILES string of the molecule is CP(=O)(O)O[C@H]1CC[C@@H](C=O)CC1. The predicted molar refractivity (Wildman–Crippen MR) is 48.6 cm³/mol. The van der Waals surface area contributed by atoms with Crippen molar-refractivity contribution in [3.8, 4) is 0 Å². The number of carbonyl (C=O) groups is 1. The third kappa shape index (κ3) is 4.03. The zero-order valence-electron chi connectivity index (χ0n) is 7.68. The van der Waals surface area contributed by atoms with Gasteiger partial charge in [0.1, 0.15) is 6.29 Å². The average Bonchev–Trinajstić information content (AvgIpc) is 2.03. The van der Waals surface area contributed by atoms with E-state index in [1.165, 1.54) is 6.66 Å². The molecule has 13 heavy (non-hydrogen) atoms. The summed E-state index contributed by atoms with van der Waals surface area (Å²) >= 11 is 0. The molecule has 0 heterocycles. The van der Waals surface area contributed by atoms with Crippen molar-refractivity contribution in [1.29, 1.82) is 0 Å². The number of hydrogen-bond acceptors (Lipinski definition) is 3. The molecular formula is C8H15O4P. The Hall–Kier alpha value is -0.180. The summed E-state index contributed by atoms with van der Waals surface area (Å²) in [5, 5.41) is 0. The van der Waals surface area contributed by atoms with Gasteiger partial charge < -0.3 is 14.2 Å². The van der Waals surface area contributed by atoms with Gasteiger partial charge in [0.25, 0.3) is 0 Å². The predicted octanol–water partition coefficient (Wildman–Crippen LogP) is 1.58. The van der Waals surface area contributed by atoms with Gasteiger partial charge in [0.05, 0.1) is 6.10 Å². The van der Waals surface area contributed by atoms with E-state index in [0.717, 1.165) is 19.1 Å². The van der Waals surface area contributed by atoms with Crippen LogP contribution in [0.15, 0.2) is 0 Å². The standard InChI is InChI=1S/C8H15O4P/c1-13(10,11)12-8-4-2-7(6-9)3-5-8/h6-8H,2-5H2,1H3,(H,10,11)/t7-,8+. The molecule has 5 heteroatoms. The van der Waals surface area contributed by atoms with E-state index in [1.54, 1.807) is 0 Å². The second-order valence-corrected chi connectivity index (χ2v) is 5.40. The molecule has 1 atom stereocenters. The van der Waals surface area contributed by atoms with E-state index in [-0.39, 0.29) is 12.0 Å². The number of aldehydes is 1. The average molecular weight is 206 g/mol. The minimum absolute atomic E-state index is 0.120. The summed E-state index contributed by atoms with van der Waals surface area (Å²) in [6, 6.07) is 0. The Balaban J connectivity index is 2.33. The van der Waals surface area contributed by atoms with E-state index in [9.17, 15) is 9.36 Å². The highest BCUT2D eigenvalue weighted by atomic mass is 31.2. The number of carbonyl (C=O) groups excluding carboxylic acids is 1. The lowest BCUT2D eigenvalue weighted by Crippen LogP contribution is -2.21. The van der Waals surface area contributed by atoms with E-state index in [2.05, 4.69) is 0 Å². The fourth-order valence-electron chi connectivity index (χ4n) is 1.61. The molecule has 0 aliphatic heterocycles. The summed E-state index contributed by atoms with van der Waals surface area (Å²) in [6.45, 7) is 1.19. The van der Waals surface area contributed by atoms with E-state index < -0.39 is 7.60 Å². The van der Waals surface area contributed by atoms with E-state index in [4.69, 9.17) is 9.42 Å². The molecule has 76 valence electrons. The molecule has 1 fully saturated rings. The minimum atomic E-state index is -3.35. The summed E-state index contributed by atoms with van der Waals surface area (Å²) in [5.41, 5.74) is 0. The van der Waals surface area contributed by atoms with Gasteiger partial charge in [-0.25, -0.2) is 0 Å². The highest BCUT2D eigenvalue weighted by Crippen LogP contribution is 2.41. The van der Waals surface area contributed by atoms with Crippen molar-refractivity contribution in [2.45, 2.75) is 31.8 Å². The lowest BCUT2D eigenvalue weighted by Gasteiger charge is -2.26. The van der Waals surface area contributed by atoms with Gasteiger partial charge in [-0.2, -0.15) is 0 Å². The van der Waals surface area contributed by atoms with Crippen LogP contribution < -0.4 is 0 Å². The highest BCUT2D eigenvalue weighted by molar-refractivity contribution is 7.51. The Morgan fingerprint density at radius 3 is 2.31 bits per heavy atom. The summed E-state index contributed by atoms with van der Waals surface area (Å²) in [5.74, 6) is 0.120. The molecule has 0 amide bonds. The Labute approximate surface area is 77.8 Å². The monoisotopic (exact) mass is 206 g/mol. The minimum Gasteiger partial charge on any atom is -0.324 e. The quantitative estimate of drug-likeness (QED) is 0.562. The van der Waals surface area contributed by atoms with Crippen LogP contribution in [0.4, 0.5) is 0 Å². The first-order chi connectivity index (χ1) is 6.01. The van der Waals surface area contributed by atoms with Crippen molar-refractivity contribution in [3.63, 3.8) is 0 Å². The third-order valence-corrected chi connectivity index (χ3v) is 2.95. The second-order valence-electron chi connectivity index (χ2n) is 3.58. The lowest BCUT2D eigenvalue weighted by molar-refractivity contribution is -0.112. The van der Waals surface area contributed by atoms with Crippen molar-refractivity contribution in [1.82, 2.24) is 0 Å². The zero-order valence-corrected chi connectivity index (χ0v) is 8.57. The second kappa shape index (κ2) is 4.36. The smallest absolute Gasteiger partial charge is 0.324 e.